The Bertz CT molecular complexity index is 487. The van der Waals surface area contributed by atoms with Crippen molar-refractivity contribution in [2.45, 2.75) is 39.5 Å². The van der Waals surface area contributed by atoms with Crippen molar-refractivity contribution in [1.29, 1.82) is 0 Å². The molecule has 1 aliphatic rings. The number of rotatable bonds is 6. The maximum atomic E-state index is 12.3. The second kappa shape index (κ2) is 6.94. The Morgan fingerprint density at radius 3 is 2.81 bits per heavy atom. The summed E-state index contributed by atoms with van der Waals surface area (Å²) >= 11 is 0. The molecule has 4 heteroatoms. The van der Waals surface area contributed by atoms with Gasteiger partial charge in [-0.15, -0.1) is 0 Å². The van der Waals surface area contributed by atoms with Crippen LogP contribution in [0.4, 0.5) is 5.69 Å². The molecule has 0 unspecified atom stereocenters. The molecule has 0 saturated carbocycles. The van der Waals surface area contributed by atoms with Crippen LogP contribution in [0.15, 0.2) is 18.2 Å². The molecule has 0 aliphatic carbocycles. The van der Waals surface area contributed by atoms with Gasteiger partial charge in [0.25, 0.3) is 5.91 Å². The first kappa shape index (κ1) is 15.8. The summed E-state index contributed by atoms with van der Waals surface area (Å²) in [6.45, 7) is 5.73. The van der Waals surface area contributed by atoms with Crippen LogP contribution in [0.5, 0.6) is 0 Å². The second-order valence-corrected chi connectivity index (χ2v) is 5.95. The van der Waals surface area contributed by atoms with Gasteiger partial charge in [0.05, 0.1) is 6.61 Å². The van der Waals surface area contributed by atoms with Gasteiger partial charge >= 0.3 is 0 Å². The first-order chi connectivity index (χ1) is 10.1. The summed E-state index contributed by atoms with van der Waals surface area (Å²) in [7, 11) is 0. The SMILES string of the molecule is CCC(CC)(CO)CNC(=O)c1ccc2c(c1)CCCN2. The Hall–Kier alpha value is -1.55. The molecule has 0 aromatic heterocycles. The highest BCUT2D eigenvalue weighted by Crippen LogP contribution is 2.25. The van der Waals surface area contributed by atoms with Crippen LogP contribution in [-0.2, 0) is 6.42 Å². The zero-order chi connectivity index (χ0) is 15.3. The van der Waals surface area contributed by atoms with E-state index in [0.29, 0.717) is 12.1 Å². The van der Waals surface area contributed by atoms with Gasteiger partial charge in [-0.1, -0.05) is 13.8 Å². The first-order valence-corrected chi connectivity index (χ1v) is 7.90. The summed E-state index contributed by atoms with van der Waals surface area (Å²) in [5.74, 6) is -0.0527. The van der Waals surface area contributed by atoms with Crippen LogP contribution in [0.25, 0.3) is 0 Å². The largest absolute Gasteiger partial charge is 0.396 e. The van der Waals surface area contributed by atoms with E-state index >= 15 is 0 Å². The highest BCUT2D eigenvalue weighted by Gasteiger charge is 2.26. The molecule has 1 aromatic carbocycles. The molecule has 0 fully saturated rings. The van der Waals surface area contributed by atoms with E-state index in [9.17, 15) is 9.90 Å². The Balaban J connectivity index is 2.03. The molecule has 2 rings (SSSR count). The molecule has 1 heterocycles. The highest BCUT2D eigenvalue weighted by atomic mass is 16.3. The van der Waals surface area contributed by atoms with Gasteiger partial charge in [-0.05, 0) is 49.4 Å². The van der Waals surface area contributed by atoms with E-state index in [2.05, 4.69) is 24.5 Å². The number of hydrogen-bond acceptors (Lipinski definition) is 3. The molecule has 0 spiro atoms. The smallest absolute Gasteiger partial charge is 0.251 e. The van der Waals surface area contributed by atoms with Gasteiger partial charge in [0.2, 0.25) is 0 Å². The summed E-state index contributed by atoms with van der Waals surface area (Å²) in [6, 6.07) is 5.84. The number of nitrogens with one attached hydrogen (secondary N) is 2. The van der Waals surface area contributed by atoms with Gasteiger partial charge in [0, 0.05) is 29.8 Å². The zero-order valence-electron chi connectivity index (χ0n) is 13.0. The lowest BCUT2D eigenvalue weighted by Crippen LogP contribution is -2.39. The van der Waals surface area contributed by atoms with Gasteiger partial charge < -0.3 is 15.7 Å². The fourth-order valence-electron chi connectivity index (χ4n) is 2.77. The molecule has 1 aromatic rings. The number of aliphatic hydroxyl groups excluding tert-OH is 1. The molecule has 1 aliphatic heterocycles. The molecule has 0 radical (unpaired) electrons. The lowest BCUT2D eigenvalue weighted by Gasteiger charge is -2.29. The number of anilines is 1. The third-order valence-corrected chi connectivity index (χ3v) is 4.77. The van der Waals surface area contributed by atoms with Crippen molar-refractivity contribution in [3.8, 4) is 0 Å². The molecule has 0 saturated heterocycles. The summed E-state index contributed by atoms with van der Waals surface area (Å²) < 4.78 is 0. The Morgan fingerprint density at radius 1 is 1.38 bits per heavy atom. The van der Waals surface area contributed by atoms with Crippen molar-refractivity contribution in [1.82, 2.24) is 5.32 Å². The minimum absolute atomic E-state index is 0.0527. The van der Waals surface area contributed by atoms with Gasteiger partial charge in [0.15, 0.2) is 0 Å². The Kier molecular flexibility index (Phi) is 5.23. The average Bonchev–Trinajstić information content (AvgIpc) is 2.56. The summed E-state index contributed by atoms with van der Waals surface area (Å²) in [4.78, 5) is 12.3. The number of aliphatic hydroxyl groups is 1. The molecule has 1 amide bonds. The third-order valence-electron chi connectivity index (χ3n) is 4.77. The van der Waals surface area contributed by atoms with Crippen LogP contribution >= 0.6 is 0 Å². The maximum absolute atomic E-state index is 12.3. The quantitative estimate of drug-likeness (QED) is 0.754. The Labute approximate surface area is 126 Å². The lowest BCUT2D eigenvalue weighted by molar-refractivity contribution is 0.0851. The number of carbonyl (C=O) groups is 1. The molecular weight excluding hydrogens is 264 g/mol. The van der Waals surface area contributed by atoms with Crippen molar-refractivity contribution >= 4 is 11.6 Å². The predicted octanol–water partition coefficient (Wildman–Crippen LogP) is 2.57. The minimum Gasteiger partial charge on any atom is -0.396 e. The topological polar surface area (TPSA) is 61.4 Å². The van der Waals surface area contributed by atoms with Crippen LogP contribution in [0.3, 0.4) is 0 Å². The van der Waals surface area contributed by atoms with E-state index in [-0.39, 0.29) is 17.9 Å². The van der Waals surface area contributed by atoms with Crippen LogP contribution in [0.2, 0.25) is 0 Å². The molecule has 4 nitrogen and oxygen atoms in total. The van der Waals surface area contributed by atoms with Gasteiger partial charge in [-0.25, -0.2) is 0 Å². The van der Waals surface area contributed by atoms with Gasteiger partial charge in [0.1, 0.15) is 0 Å². The molecular formula is C17H26N2O2. The van der Waals surface area contributed by atoms with Crippen LogP contribution in [0, 0.1) is 5.41 Å². The predicted molar refractivity (Wildman–Crippen MR) is 85.7 cm³/mol. The minimum atomic E-state index is -0.203. The molecule has 116 valence electrons. The number of fused-ring (bicyclic) bond motifs is 1. The Morgan fingerprint density at radius 2 is 2.14 bits per heavy atom. The van der Waals surface area contributed by atoms with Crippen molar-refractivity contribution in [3.63, 3.8) is 0 Å². The zero-order valence-corrected chi connectivity index (χ0v) is 13.0. The summed E-state index contributed by atoms with van der Waals surface area (Å²) in [5.41, 5.74) is 2.86. The monoisotopic (exact) mass is 290 g/mol. The number of hydrogen-bond donors (Lipinski definition) is 3. The van der Waals surface area contributed by atoms with Crippen molar-refractivity contribution in [2.75, 3.05) is 25.0 Å². The standard InChI is InChI=1S/C17H26N2O2/c1-3-17(4-2,12-20)11-19-16(21)14-7-8-15-13(10-14)6-5-9-18-15/h7-8,10,18,20H,3-6,9,11-12H2,1-2H3,(H,19,21). The van der Waals surface area contributed by atoms with Crippen LogP contribution in [-0.4, -0.2) is 30.7 Å². The average molecular weight is 290 g/mol. The fraction of sp³-hybridized carbons (Fsp3) is 0.588. The van der Waals surface area contributed by atoms with E-state index in [0.717, 1.165) is 37.9 Å². The van der Waals surface area contributed by atoms with E-state index in [1.165, 1.54) is 5.56 Å². The van der Waals surface area contributed by atoms with E-state index in [1.807, 2.05) is 18.2 Å². The molecule has 0 bridgehead atoms. The highest BCUT2D eigenvalue weighted by molar-refractivity contribution is 5.95. The normalized spacial score (nSPS) is 14.2. The number of amides is 1. The van der Waals surface area contributed by atoms with Gasteiger partial charge in [-0.2, -0.15) is 0 Å². The molecule has 0 atom stereocenters. The van der Waals surface area contributed by atoms with Crippen molar-refractivity contribution in [2.24, 2.45) is 5.41 Å². The van der Waals surface area contributed by atoms with E-state index < -0.39 is 0 Å². The number of benzene rings is 1. The second-order valence-electron chi connectivity index (χ2n) is 5.95. The molecule has 21 heavy (non-hydrogen) atoms. The van der Waals surface area contributed by atoms with Gasteiger partial charge in [-0.3, -0.25) is 4.79 Å². The van der Waals surface area contributed by atoms with Crippen molar-refractivity contribution < 1.29 is 9.90 Å². The van der Waals surface area contributed by atoms with Crippen LogP contribution in [0.1, 0.15) is 49.0 Å². The van der Waals surface area contributed by atoms with Crippen molar-refractivity contribution in [3.05, 3.63) is 29.3 Å². The number of carbonyl (C=O) groups excluding carboxylic acids is 1. The summed E-state index contributed by atoms with van der Waals surface area (Å²) in [5, 5.41) is 15.9. The number of aryl methyl sites for hydroxylation is 1. The van der Waals surface area contributed by atoms with E-state index in [4.69, 9.17) is 0 Å². The van der Waals surface area contributed by atoms with Crippen LogP contribution < -0.4 is 10.6 Å². The maximum Gasteiger partial charge on any atom is 0.251 e. The summed E-state index contributed by atoms with van der Waals surface area (Å²) in [6.07, 6.45) is 3.84. The fourth-order valence-corrected chi connectivity index (χ4v) is 2.77. The third kappa shape index (κ3) is 3.56. The lowest BCUT2D eigenvalue weighted by atomic mass is 9.83. The first-order valence-electron chi connectivity index (χ1n) is 7.90. The van der Waals surface area contributed by atoms with E-state index in [1.54, 1.807) is 0 Å². The molecule has 3 N–H and O–H groups in total.